The Hall–Kier alpha value is -1.50. The average Bonchev–Trinajstić information content (AvgIpc) is 2.79. The van der Waals surface area contributed by atoms with Crippen LogP contribution in [-0.4, -0.2) is 20.0 Å². The number of nitrogens with one attached hydrogen (secondary N) is 1. The largest absolute Gasteiger partial charge is 0.377 e. The van der Waals surface area contributed by atoms with E-state index >= 15 is 0 Å². The van der Waals surface area contributed by atoms with Crippen LogP contribution in [0, 0.1) is 5.82 Å². The second-order valence-corrected chi connectivity index (χ2v) is 5.95. The fraction of sp³-hybridized carbons (Fsp3) is 0.417. The molecule has 102 valence electrons. The van der Waals surface area contributed by atoms with Gasteiger partial charge in [0.15, 0.2) is 5.82 Å². The molecule has 0 aliphatic carbocycles. The molecule has 2 heterocycles. The number of anilines is 1. The molecule has 2 aromatic heterocycles. The molecule has 0 radical (unpaired) electrons. The fourth-order valence-electron chi connectivity index (χ4n) is 1.44. The Morgan fingerprint density at radius 2 is 2.11 bits per heavy atom. The van der Waals surface area contributed by atoms with E-state index in [0.29, 0.717) is 16.7 Å². The van der Waals surface area contributed by atoms with Gasteiger partial charge in [-0.05, 0) is 36.7 Å². The summed E-state index contributed by atoms with van der Waals surface area (Å²) in [5.41, 5.74) is 1.27. The number of aromatic nitrogens is 4. The van der Waals surface area contributed by atoms with E-state index in [2.05, 4.69) is 36.5 Å². The van der Waals surface area contributed by atoms with Gasteiger partial charge in [-0.2, -0.15) is 0 Å². The van der Waals surface area contributed by atoms with Gasteiger partial charge in [0.2, 0.25) is 0 Å². The number of hydrogen-bond acceptors (Lipinski definition) is 4. The summed E-state index contributed by atoms with van der Waals surface area (Å²) >= 11 is 3.17. The summed E-state index contributed by atoms with van der Waals surface area (Å²) in [6.45, 7) is 6.60. The van der Waals surface area contributed by atoms with Gasteiger partial charge in [-0.1, -0.05) is 5.21 Å². The number of halogens is 2. The highest BCUT2D eigenvalue weighted by atomic mass is 79.9. The van der Waals surface area contributed by atoms with Crippen LogP contribution in [0.4, 0.5) is 10.1 Å². The lowest BCUT2D eigenvalue weighted by Crippen LogP contribution is -2.22. The maximum Gasteiger partial charge on any atom is 0.157 e. The Morgan fingerprint density at radius 3 is 2.74 bits per heavy atom. The average molecular weight is 328 g/mol. The molecule has 0 saturated heterocycles. The summed E-state index contributed by atoms with van der Waals surface area (Å²) in [5, 5.41) is 11.2. The van der Waals surface area contributed by atoms with Crippen molar-refractivity contribution in [2.24, 2.45) is 0 Å². The molecule has 0 amide bonds. The highest BCUT2D eigenvalue weighted by Gasteiger charge is 2.15. The van der Waals surface area contributed by atoms with Gasteiger partial charge >= 0.3 is 0 Å². The summed E-state index contributed by atoms with van der Waals surface area (Å²) < 4.78 is 15.4. The standard InChI is InChI=1S/C12H15BrFN5/c1-12(2,3)19-7-8(17-18-19)4-16-10-6-15-5-9(14)11(10)13/h5-7,16H,4H2,1-3H3. The molecular weight excluding hydrogens is 313 g/mol. The lowest BCUT2D eigenvalue weighted by molar-refractivity contribution is 0.347. The third kappa shape index (κ3) is 3.28. The van der Waals surface area contributed by atoms with Gasteiger partial charge in [0.1, 0.15) is 5.69 Å². The molecule has 7 heteroatoms. The van der Waals surface area contributed by atoms with Gasteiger partial charge in [-0.25, -0.2) is 9.07 Å². The third-order valence-electron chi connectivity index (χ3n) is 2.53. The van der Waals surface area contributed by atoms with E-state index in [-0.39, 0.29) is 5.54 Å². The van der Waals surface area contributed by atoms with Crippen LogP contribution < -0.4 is 5.32 Å². The molecule has 0 unspecified atom stereocenters. The van der Waals surface area contributed by atoms with Crippen molar-refractivity contribution in [3.63, 3.8) is 0 Å². The highest BCUT2D eigenvalue weighted by Crippen LogP contribution is 2.24. The second-order valence-electron chi connectivity index (χ2n) is 5.16. The van der Waals surface area contributed by atoms with Crippen molar-refractivity contribution >= 4 is 21.6 Å². The molecular formula is C12H15BrFN5. The Balaban J connectivity index is 2.07. The quantitative estimate of drug-likeness (QED) is 0.941. The molecule has 0 saturated carbocycles. The zero-order valence-electron chi connectivity index (χ0n) is 11.0. The van der Waals surface area contributed by atoms with Crippen molar-refractivity contribution < 1.29 is 4.39 Å². The van der Waals surface area contributed by atoms with Gasteiger partial charge in [0, 0.05) is 0 Å². The topological polar surface area (TPSA) is 55.6 Å². The van der Waals surface area contributed by atoms with E-state index in [9.17, 15) is 4.39 Å². The van der Waals surface area contributed by atoms with E-state index in [0.717, 1.165) is 11.9 Å². The van der Waals surface area contributed by atoms with Crippen LogP contribution in [0.5, 0.6) is 0 Å². The summed E-state index contributed by atoms with van der Waals surface area (Å²) in [4.78, 5) is 3.79. The predicted molar refractivity (Wildman–Crippen MR) is 74.2 cm³/mol. The van der Waals surface area contributed by atoms with Crippen molar-refractivity contribution in [2.75, 3.05) is 5.32 Å². The molecule has 0 bridgehead atoms. The first-order valence-corrected chi connectivity index (χ1v) is 6.62. The van der Waals surface area contributed by atoms with E-state index < -0.39 is 5.82 Å². The third-order valence-corrected chi connectivity index (χ3v) is 3.33. The van der Waals surface area contributed by atoms with Crippen LogP contribution in [0.3, 0.4) is 0 Å². The molecule has 0 aromatic carbocycles. The minimum absolute atomic E-state index is 0.105. The zero-order chi connectivity index (χ0) is 14.0. The first kappa shape index (κ1) is 13.9. The minimum Gasteiger partial charge on any atom is -0.377 e. The van der Waals surface area contributed by atoms with Crippen LogP contribution in [-0.2, 0) is 12.1 Å². The number of pyridine rings is 1. The molecule has 0 aliphatic heterocycles. The maximum atomic E-state index is 13.3. The van der Waals surface area contributed by atoms with E-state index in [4.69, 9.17) is 0 Å². The summed E-state index contributed by atoms with van der Waals surface area (Å²) in [7, 11) is 0. The molecule has 0 spiro atoms. The Kier molecular flexibility index (Phi) is 3.84. The molecule has 0 atom stereocenters. The van der Waals surface area contributed by atoms with E-state index in [1.807, 2.05) is 27.0 Å². The zero-order valence-corrected chi connectivity index (χ0v) is 12.6. The lowest BCUT2D eigenvalue weighted by Gasteiger charge is -2.17. The van der Waals surface area contributed by atoms with E-state index in [1.54, 1.807) is 10.9 Å². The van der Waals surface area contributed by atoms with Gasteiger partial charge in [0.25, 0.3) is 0 Å². The Bertz CT molecular complexity index is 576. The molecule has 1 N–H and O–H groups in total. The maximum absolute atomic E-state index is 13.3. The lowest BCUT2D eigenvalue weighted by atomic mass is 10.1. The van der Waals surface area contributed by atoms with Crippen molar-refractivity contribution in [3.8, 4) is 0 Å². The first-order valence-electron chi connectivity index (χ1n) is 5.82. The van der Waals surface area contributed by atoms with Gasteiger partial charge in [-0.15, -0.1) is 5.10 Å². The van der Waals surface area contributed by atoms with Crippen molar-refractivity contribution in [3.05, 3.63) is 34.6 Å². The predicted octanol–water partition coefficient (Wildman–Crippen LogP) is 2.94. The van der Waals surface area contributed by atoms with Crippen LogP contribution in [0.15, 0.2) is 23.1 Å². The van der Waals surface area contributed by atoms with Crippen LogP contribution in [0.25, 0.3) is 0 Å². The SMILES string of the molecule is CC(C)(C)n1cc(CNc2cncc(F)c2Br)nn1. The molecule has 5 nitrogen and oxygen atoms in total. The summed E-state index contributed by atoms with van der Waals surface area (Å²) in [6.07, 6.45) is 4.58. The number of rotatable bonds is 3. The Morgan fingerprint density at radius 1 is 1.37 bits per heavy atom. The molecule has 2 aromatic rings. The van der Waals surface area contributed by atoms with Crippen LogP contribution in [0.2, 0.25) is 0 Å². The van der Waals surface area contributed by atoms with Gasteiger partial charge in [-0.3, -0.25) is 4.98 Å². The highest BCUT2D eigenvalue weighted by molar-refractivity contribution is 9.10. The Labute approximate surface area is 119 Å². The van der Waals surface area contributed by atoms with Crippen molar-refractivity contribution in [1.82, 2.24) is 20.0 Å². The molecule has 0 fully saturated rings. The van der Waals surface area contributed by atoms with Crippen molar-refractivity contribution in [1.29, 1.82) is 0 Å². The summed E-state index contributed by atoms with van der Waals surface area (Å²) in [6, 6.07) is 0. The number of nitrogens with zero attached hydrogens (tertiary/aromatic N) is 4. The van der Waals surface area contributed by atoms with Gasteiger partial charge < -0.3 is 5.32 Å². The smallest absolute Gasteiger partial charge is 0.157 e. The second kappa shape index (κ2) is 5.24. The van der Waals surface area contributed by atoms with Crippen molar-refractivity contribution in [2.45, 2.75) is 32.9 Å². The summed E-state index contributed by atoms with van der Waals surface area (Å²) in [5.74, 6) is -0.400. The first-order chi connectivity index (χ1) is 8.88. The van der Waals surface area contributed by atoms with Crippen LogP contribution in [0.1, 0.15) is 26.5 Å². The van der Waals surface area contributed by atoms with Gasteiger partial charge in [0.05, 0.1) is 40.8 Å². The number of hydrogen-bond donors (Lipinski definition) is 1. The fourth-order valence-corrected chi connectivity index (χ4v) is 1.78. The monoisotopic (exact) mass is 327 g/mol. The van der Waals surface area contributed by atoms with E-state index in [1.165, 1.54) is 0 Å². The molecule has 2 rings (SSSR count). The molecule has 19 heavy (non-hydrogen) atoms. The normalized spacial score (nSPS) is 11.6. The van der Waals surface area contributed by atoms with Crippen LogP contribution >= 0.6 is 15.9 Å². The molecule has 0 aliphatic rings. The minimum atomic E-state index is -0.400.